The van der Waals surface area contributed by atoms with Crippen LogP contribution in [0.3, 0.4) is 0 Å². The van der Waals surface area contributed by atoms with Gasteiger partial charge < -0.3 is 9.84 Å². The highest BCUT2D eigenvalue weighted by Gasteiger charge is 2.61. The van der Waals surface area contributed by atoms with Crippen molar-refractivity contribution in [2.24, 2.45) is 5.92 Å². The molecule has 0 fully saturated rings. The lowest BCUT2D eigenvalue weighted by Crippen LogP contribution is -2.56. The van der Waals surface area contributed by atoms with Gasteiger partial charge in [0.15, 0.2) is 5.60 Å². The summed E-state index contributed by atoms with van der Waals surface area (Å²) in [4.78, 5) is 0. The van der Waals surface area contributed by atoms with Crippen LogP contribution in [0.1, 0.15) is 30.0 Å². The molecular weight excluding hydrogens is 398 g/mol. The zero-order valence-corrected chi connectivity index (χ0v) is 16.5. The van der Waals surface area contributed by atoms with Crippen molar-refractivity contribution in [1.29, 1.82) is 5.26 Å². The Bertz CT molecular complexity index is 994. The average molecular weight is 419 g/mol. The average Bonchev–Trinajstić information content (AvgIpc) is 2.70. The van der Waals surface area contributed by atoms with Gasteiger partial charge in [0, 0.05) is 16.9 Å². The summed E-state index contributed by atoms with van der Waals surface area (Å²) in [5.41, 5.74) is -3.12. The zero-order chi connectivity index (χ0) is 22.2. The summed E-state index contributed by atoms with van der Waals surface area (Å²) in [5.74, 6) is -1.59. The molecule has 0 heterocycles. The van der Waals surface area contributed by atoms with E-state index in [1.807, 2.05) is 6.07 Å². The van der Waals surface area contributed by atoms with Gasteiger partial charge in [0.1, 0.15) is 11.6 Å². The quantitative estimate of drug-likeness (QED) is 0.556. The second-order valence-electron chi connectivity index (χ2n) is 7.84. The molecule has 3 unspecified atom stereocenters. The molecule has 1 aliphatic rings. The minimum atomic E-state index is -4.91. The van der Waals surface area contributed by atoms with E-state index in [9.17, 15) is 22.7 Å². The Labute approximate surface area is 172 Å². The molecule has 1 aliphatic carbocycles. The second kappa shape index (κ2) is 7.77. The lowest BCUT2D eigenvalue weighted by Gasteiger charge is -2.46. The highest BCUT2D eigenvalue weighted by atomic mass is 19.4. The van der Waals surface area contributed by atoms with Crippen molar-refractivity contribution in [1.82, 2.24) is 0 Å². The van der Waals surface area contributed by atoms with Gasteiger partial charge in [-0.1, -0.05) is 31.2 Å². The van der Waals surface area contributed by atoms with Crippen molar-refractivity contribution in [2.75, 3.05) is 7.11 Å². The van der Waals surface area contributed by atoms with Gasteiger partial charge in [-0.15, -0.1) is 0 Å². The number of rotatable bonds is 4. The molecular formula is C23H21F4NO2. The van der Waals surface area contributed by atoms with Crippen LogP contribution in [-0.4, -0.2) is 24.0 Å². The van der Waals surface area contributed by atoms with E-state index >= 15 is 0 Å². The Kier molecular flexibility index (Phi) is 5.66. The molecule has 0 bridgehead atoms. The summed E-state index contributed by atoms with van der Waals surface area (Å²) in [6, 6.07) is 11.8. The molecule has 2 aromatic rings. The van der Waals surface area contributed by atoms with Crippen molar-refractivity contribution in [3.05, 3.63) is 77.1 Å². The predicted octanol–water partition coefficient (Wildman–Crippen LogP) is 5.08. The van der Waals surface area contributed by atoms with Crippen molar-refractivity contribution < 1.29 is 27.4 Å². The minimum Gasteiger partial charge on any atom is -0.496 e. The van der Waals surface area contributed by atoms with Crippen LogP contribution in [0.25, 0.3) is 0 Å². The fraction of sp³-hybridized carbons (Fsp3) is 0.348. The molecule has 3 nitrogen and oxygen atoms in total. The summed E-state index contributed by atoms with van der Waals surface area (Å²) in [7, 11) is 1.36. The summed E-state index contributed by atoms with van der Waals surface area (Å²) in [6.07, 6.45) is -2.72. The van der Waals surface area contributed by atoms with Crippen LogP contribution in [-0.2, 0) is 11.8 Å². The van der Waals surface area contributed by atoms with Crippen LogP contribution in [0.2, 0.25) is 0 Å². The van der Waals surface area contributed by atoms with Gasteiger partial charge in [0.2, 0.25) is 0 Å². The number of allylic oxidation sites excluding steroid dienone is 1. The van der Waals surface area contributed by atoms with E-state index in [0.29, 0.717) is 11.1 Å². The van der Waals surface area contributed by atoms with E-state index in [2.05, 4.69) is 0 Å². The molecule has 0 saturated carbocycles. The number of alkyl halides is 3. The summed E-state index contributed by atoms with van der Waals surface area (Å²) in [5, 5.41) is 19.8. The van der Waals surface area contributed by atoms with Gasteiger partial charge in [0.25, 0.3) is 0 Å². The number of benzene rings is 2. The lowest BCUT2D eigenvalue weighted by molar-refractivity contribution is -0.282. The minimum absolute atomic E-state index is 0.0609. The van der Waals surface area contributed by atoms with Gasteiger partial charge >= 0.3 is 6.18 Å². The van der Waals surface area contributed by atoms with Crippen LogP contribution >= 0.6 is 0 Å². The van der Waals surface area contributed by atoms with Gasteiger partial charge in [-0.05, 0) is 48.7 Å². The van der Waals surface area contributed by atoms with Gasteiger partial charge in [-0.25, -0.2) is 4.39 Å². The smallest absolute Gasteiger partial charge is 0.417 e. The Morgan fingerprint density at radius 2 is 1.87 bits per heavy atom. The SMILES string of the molecule is COc1ccc(F)cc1C1(C)C=CC(Cc2ccc(C#N)cc2)C(O)(C(F)(F)F)C1. The van der Waals surface area contributed by atoms with Crippen molar-refractivity contribution in [3.8, 4) is 11.8 Å². The molecule has 0 saturated heterocycles. The largest absolute Gasteiger partial charge is 0.496 e. The molecule has 2 aromatic carbocycles. The van der Waals surface area contributed by atoms with Crippen molar-refractivity contribution in [2.45, 2.75) is 37.0 Å². The third kappa shape index (κ3) is 3.92. The molecule has 30 heavy (non-hydrogen) atoms. The molecule has 0 aromatic heterocycles. The molecule has 7 heteroatoms. The maximum atomic E-state index is 14.1. The number of halogens is 4. The Morgan fingerprint density at radius 1 is 1.20 bits per heavy atom. The summed E-state index contributed by atoms with van der Waals surface area (Å²) in [6.45, 7) is 1.52. The zero-order valence-electron chi connectivity index (χ0n) is 16.5. The Morgan fingerprint density at radius 3 is 2.43 bits per heavy atom. The van der Waals surface area contributed by atoms with E-state index in [-0.39, 0.29) is 17.7 Å². The Hall–Kier alpha value is -2.85. The fourth-order valence-electron chi connectivity index (χ4n) is 4.07. The van der Waals surface area contributed by atoms with Gasteiger partial charge in [0.05, 0.1) is 18.7 Å². The number of hydrogen-bond donors (Lipinski definition) is 1. The molecule has 0 spiro atoms. The molecule has 158 valence electrons. The van der Waals surface area contributed by atoms with Crippen LogP contribution in [0.5, 0.6) is 5.75 Å². The first kappa shape index (κ1) is 21.8. The lowest BCUT2D eigenvalue weighted by atomic mass is 9.63. The molecule has 3 rings (SSSR count). The number of nitriles is 1. The molecule has 0 amide bonds. The first-order valence-electron chi connectivity index (χ1n) is 9.34. The number of aliphatic hydroxyl groups is 1. The molecule has 1 N–H and O–H groups in total. The van der Waals surface area contributed by atoms with Crippen LogP contribution in [0, 0.1) is 23.1 Å². The number of hydrogen-bond acceptors (Lipinski definition) is 3. The fourth-order valence-corrected chi connectivity index (χ4v) is 4.07. The van der Waals surface area contributed by atoms with E-state index in [1.165, 1.54) is 44.4 Å². The summed E-state index contributed by atoms with van der Waals surface area (Å²) < 4.78 is 61.4. The van der Waals surface area contributed by atoms with Crippen LogP contribution in [0.4, 0.5) is 17.6 Å². The predicted molar refractivity (Wildman–Crippen MR) is 103 cm³/mol. The standard InChI is InChI=1S/C23H21F4NO2/c1-21(19-12-18(24)7-8-20(19)30-2)10-9-17(22(29,14-21)23(25,26)27)11-15-3-5-16(13-28)6-4-15/h3-10,12,17,29H,11,14H2,1-2H3. The van der Waals surface area contributed by atoms with E-state index in [4.69, 9.17) is 10.00 Å². The van der Waals surface area contributed by atoms with E-state index in [1.54, 1.807) is 18.2 Å². The third-order valence-electron chi connectivity index (χ3n) is 5.75. The maximum absolute atomic E-state index is 14.1. The number of methoxy groups -OCH3 is 1. The molecule has 0 aliphatic heterocycles. The van der Waals surface area contributed by atoms with E-state index < -0.39 is 35.3 Å². The van der Waals surface area contributed by atoms with Crippen molar-refractivity contribution in [3.63, 3.8) is 0 Å². The normalized spacial score (nSPS) is 26.3. The van der Waals surface area contributed by atoms with Crippen molar-refractivity contribution >= 4 is 0 Å². The number of ether oxygens (including phenoxy) is 1. The highest BCUT2D eigenvalue weighted by Crippen LogP contribution is 2.51. The summed E-state index contributed by atoms with van der Waals surface area (Å²) >= 11 is 0. The first-order chi connectivity index (χ1) is 14.0. The Balaban J connectivity index is 2.04. The molecule has 3 atom stereocenters. The first-order valence-corrected chi connectivity index (χ1v) is 9.34. The van der Waals surface area contributed by atoms with Crippen LogP contribution < -0.4 is 4.74 Å². The van der Waals surface area contributed by atoms with Gasteiger partial charge in [-0.3, -0.25) is 0 Å². The molecule has 0 radical (unpaired) electrons. The second-order valence-corrected chi connectivity index (χ2v) is 7.84. The topological polar surface area (TPSA) is 53.2 Å². The highest BCUT2D eigenvalue weighted by molar-refractivity contribution is 5.45. The third-order valence-corrected chi connectivity index (χ3v) is 5.75. The van der Waals surface area contributed by atoms with Crippen LogP contribution in [0.15, 0.2) is 54.6 Å². The van der Waals surface area contributed by atoms with Gasteiger partial charge in [-0.2, -0.15) is 18.4 Å². The number of nitrogens with zero attached hydrogens (tertiary/aromatic N) is 1. The monoisotopic (exact) mass is 419 g/mol. The maximum Gasteiger partial charge on any atom is 0.417 e. The van der Waals surface area contributed by atoms with E-state index in [0.717, 1.165) is 6.07 Å².